The third-order valence-electron chi connectivity index (χ3n) is 2.77. The zero-order chi connectivity index (χ0) is 14.6. The molecule has 0 spiro atoms. The standard InChI is InChI=1S/C11H17N5O2S2/c1-2-20(17,18)9-10(12)15-19-11(9)13-5-3-7-16-8-4-6-14-16/h4,6,8,13H,2-3,5,7H2,1H3,(H2,12,15). The monoisotopic (exact) mass is 315 g/mol. The van der Waals surface area contributed by atoms with Crippen molar-refractivity contribution in [3.05, 3.63) is 18.5 Å². The van der Waals surface area contributed by atoms with Crippen LogP contribution in [-0.4, -0.2) is 34.9 Å². The molecule has 0 saturated carbocycles. The third kappa shape index (κ3) is 3.28. The highest BCUT2D eigenvalue weighted by molar-refractivity contribution is 7.91. The van der Waals surface area contributed by atoms with Crippen molar-refractivity contribution >= 4 is 32.2 Å². The summed E-state index contributed by atoms with van der Waals surface area (Å²) in [6, 6.07) is 1.86. The van der Waals surface area contributed by atoms with E-state index >= 15 is 0 Å². The molecule has 2 aromatic rings. The van der Waals surface area contributed by atoms with E-state index in [0.29, 0.717) is 11.5 Å². The normalized spacial score (nSPS) is 11.7. The number of sulfone groups is 1. The quantitative estimate of drug-likeness (QED) is 0.745. The molecule has 2 heterocycles. The van der Waals surface area contributed by atoms with Crippen molar-refractivity contribution in [2.75, 3.05) is 23.3 Å². The molecule has 0 aromatic carbocycles. The summed E-state index contributed by atoms with van der Waals surface area (Å²) in [6.45, 7) is 2.99. The Morgan fingerprint density at radius 1 is 1.50 bits per heavy atom. The number of anilines is 2. The number of nitrogens with zero attached hydrogens (tertiary/aromatic N) is 3. The van der Waals surface area contributed by atoms with Crippen LogP contribution < -0.4 is 11.1 Å². The zero-order valence-corrected chi connectivity index (χ0v) is 12.7. The first-order chi connectivity index (χ1) is 9.54. The summed E-state index contributed by atoms with van der Waals surface area (Å²) in [4.78, 5) is 0.129. The molecule has 0 aliphatic carbocycles. The molecule has 9 heteroatoms. The van der Waals surface area contributed by atoms with Crippen LogP contribution in [0.25, 0.3) is 0 Å². The van der Waals surface area contributed by atoms with Gasteiger partial charge < -0.3 is 11.1 Å². The van der Waals surface area contributed by atoms with Gasteiger partial charge in [-0.15, -0.1) is 0 Å². The van der Waals surface area contributed by atoms with Gasteiger partial charge in [0.05, 0.1) is 5.75 Å². The van der Waals surface area contributed by atoms with Gasteiger partial charge in [0.15, 0.2) is 15.7 Å². The molecule has 7 nitrogen and oxygen atoms in total. The van der Waals surface area contributed by atoms with Gasteiger partial charge in [-0.25, -0.2) is 8.42 Å². The van der Waals surface area contributed by atoms with Crippen molar-refractivity contribution in [2.24, 2.45) is 0 Å². The number of aromatic nitrogens is 3. The molecule has 0 radical (unpaired) electrons. The number of nitrogens with two attached hydrogens (primary N) is 1. The number of nitrogens with one attached hydrogen (secondary N) is 1. The molecule has 110 valence electrons. The minimum atomic E-state index is -3.35. The van der Waals surface area contributed by atoms with Crippen LogP contribution in [0.15, 0.2) is 23.4 Å². The van der Waals surface area contributed by atoms with E-state index in [1.807, 2.05) is 16.9 Å². The highest BCUT2D eigenvalue weighted by atomic mass is 32.2. The maximum atomic E-state index is 12.0. The van der Waals surface area contributed by atoms with E-state index in [1.54, 1.807) is 13.1 Å². The molecular weight excluding hydrogens is 298 g/mol. The van der Waals surface area contributed by atoms with Crippen LogP contribution in [-0.2, 0) is 16.4 Å². The highest BCUT2D eigenvalue weighted by Gasteiger charge is 2.23. The second kappa shape index (κ2) is 6.23. The average molecular weight is 315 g/mol. The molecule has 2 rings (SSSR count). The van der Waals surface area contributed by atoms with Gasteiger partial charge in [0, 0.05) is 25.5 Å². The predicted molar refractivity (Wildman–Crippen MR) is 79.6 cm³/mol. The topological polar surface area (TPSA) is 103 Å². The number of hydrogen-bond donors (Lipinski definition) is 2. The lowest BCUT2D eigenvalue weighted by Gasteiger charge is -2.07. The van der Waals surface area contributed by atoms with Crippen LogP contribution in [0.4, 0.5) is 10.8 Å². The molecule has 0 aliphatic heterocycles. The molecule has 0 unspecified atom stereocenters. The summed E-state index contributed by atoms with van der Waals surface area (Å²) < 4.78 is 29.7. The summed E-state index contributed by atoms with van der Waals surface area (Å²) in [5.74, 6) is 0.0869. The Morgan fingerprint density at radius 2 is 2.30 bits per heavy atom. The van der Waals surface area contributed by atoms with Crippen molar-refractivity contribution in [3.8, 4) is 0 Å². The lowest BCUT2D eigenvalue weighted by atomic mass is 10.4. The molecule has 2 aromatic heterocycles. The first-order valence-corrected chi connectivity index (χ1v) is 8.66. The minimum absolute atomic E-state index is 0.0115. The number of aryl methyl sites for hydroxylation is 1. The van der Waals surface area contributed by atoms with E-state index in [4.69, 9.17) is 5.73 Å². The van der Waals surface area contributed by atoms with Crippen LogP contribution in [0.1, 0.15) is 13.3 Å². The number of nitrogen functional groups attached to an aromatic ring is 1. The predicted octanol–water partition coefficient (Wildman–Crippen LogP) is 1.22. The van der Waals surface area contributed by atoms with Gasteiger partial charge >= 0.3 is 0 Å². The van der Waals surface area contributed by atoms with Crippen molar-refractivity contribution in [1.82, 2.24) is 14.2 Å². The molecule has 0 atom stereocenters. The van der Waals surface area contributed by atoms with Gasteiger partial charge in [-0.1, -0.05) is 6.92 Å². The third-order valence-corrected chi connectivity index (χ3v) is 5.52. The van der Waals surface area contributed by atoms with E-state index in [-0.39, 0.29) is 16.5 Å². The van der Waals surface area contributed by atoms with Crippen LogP contribution in [0.5, 0.6) is 0 Å². The fraction of sp³-hybridized carbons (Fsp3) is 0.455. The lowest BCUT2D eigenvalue weighted by Crippen LogP contribution is -2.11. The van der Waals surface area contributed by atoms with E-state index in [2.05, 4.69) is 14.8 Å². The van der Waals surface area contributed by atoms with Gasteiger partial charge in [0.1, 0.15) is 9.90 Å². The second-order valence-electron chi connectivity index (χ2n) is 4.18. The lowest BCUT2D eigenvalue weighted by molar-refractivity contribution is 0.590. The maximum Gasteiger partial charge on any atom is 0.184 e. The Hall–Kier alpha value is -1.61. The van der Waals surface area contributed by atoms with Gasteiger partial charge in [0.25, 0.3) is 0 Å². The van der Waals surface area contributed by atoms with Gasteiger partial charge in [-0.2, -0.15) is 9.47 Å². The maximum absolute atomic E-state index is 12.0. The second-order valence-corrected chi connectivity index (χ2v) is 7.17. The summed E-state index contributed by atoms with van der Waals surface area (Å²) in [5.41, 5.74) is 5.65. The van der Waals surface area contributed by atoms with Gasteiger partial charge in [-0.3, -0.25) is 4.68 Å². The van der Waals surface area contributed by atoms with E-state index in [9.17, 15) is 8.42 Å². The summed E-state index contributed by atoms with van der Waals surface area (Å²) in [6.07, 6.45) is 4.44. The molecular formula is C11H17N5O2S2. The van der Waals surface area contributed by atoms with E-state index < -0.39 is 9.84 Å². The zero-order valence-electron chi connectivity index (χ0n) is 11.1. The fourth-order valence-corrected chi connectivity index (χ4v) is 3.92. The van der Waals surface area contributed by atoms with Crippen LogP contribution >= 0.6 is 11.5 Å². The van der Waals surface area contributed by atoms with Crippen molar-refractivity contribution in [2.45, 2.75) is 24.8 Å². The number of rotatable bonds is 7. The largest absolute Gasteiger partial charge is 0.382 e. The van der Waals surface area contributed by atoms with Crippen molar-refractivity contribution in [3.63, 3.8) is 0 Å². The molecule has 0 fully saturated rings. The Balaban J connectivity index is 1.97. The van der Waals surface area contributed by atoms with Gasteiger partial charge in [0.2, 0.25) is 0 Å². The van der Waals surface area contributed by atoms with Gasteiger partial charge in [-0.05, 0) is 24.0 Å². The first kappa shape index (κ1) is 14.8. The van der Waals surface area contributed by atoms with Crippen LogP contribution in [0.2, 0.25) is 0 Å². The SMILES string of the molecule is CCS(=O)(=O)c1c(N)nsc1NCCCn1cccn1. The summed E-state index contributed by atoms with van der Waals surface area (Å²) >= 11 is 1.08. The van der Waals surface area contributed by atoms with Crippen LogP contribution in [0.3, 0.4) is 0 Å². The fourth-order valence-electron chi connectivity index (χ4n) is 1.73. The van der Waals surface area contributed by atoms with Crippen molar-refractivity contribution < 1.29 is 8.42 Å². The Bertz CT molecular complexity index is 648. The molecule has 0 aliphatic rings. The Labute approximate surface area is 121 Å². The minimum Gasteiger partial charge on any atom is -0.382 e. The van der Waals surface area contributed by atoms with Crippen LogP contribution in [0, 0.1) is 0 Å². The van der Waals surface area contributed by atoms with E-state index in [0.717, 1.165) is 24.5 Å². The molecule has 0 saturated heterocycles. The highest BCUT2D eigenvalue weighted by Crippen LogP contribution is 2.32. The van der Waals surface area contributed by atoms with Crippen molar-refractivity contribution in [1.29, 1.82) is 0 Å². The van der Waals surface area contributed by atoms with E-state index in [1.165, 1.54) is 0 Å². The summed E-state index contributed by atoms with van der Waals surface area (Å²) in [7, 11) is -3.35. The summed E-state index contributed by atoms with van der Waals surface area (Å²) in [5, 5.41) is 7.71. The smallest absolute Gasteiger partial charge is 0.184 e. The first-order valence-electron chi connectivity index (χ1n) is 6.24. The molecule has 0 amide bonds. The average Bonchev–Trinajstić information content (AvgIpc) is 3.04. The molecule has 20 heavy (non-hydrogen) atoms. The molecule has 3 N–H and O–H groups in total. The Morgan fingerprint density at radius 3 is 2.95 bits per heavy atom. The Kier molecular flexibility index (Phi) is 4.61. The molecule has 0 bridgehead atoms. The number of hydrogen-bond acceptors (Lipinski definition) is 7.